The Labute approximate surface area is 145 Å². The Balaban J connectivity index is 1.49. The van der Waals surface area contributed by atoms with Gasteiger partial charge in [-0.3, -0.25) is 4.79 Å². The number of rotatable bonds is 5. The molecule has 0 aromatic heterocycles. The number of methoxy groups -OCH3 is 1. The zero-order chi connectivity index (χ0) is 16.9. The van der Waals surface area contributed by atoms with Crippen LogP contribution in [-0.4, -0.2) is 51.3 Å². The minimum Gasteiger partial charge on any atom is -0.497 e. The highest BCUT2D eigenvalue weighted by Crippen LogP contribution is 2.19. The van der Waals surface area contributed by atoms with E-state index in [4.69, 9.17) is 4.74 Å². The van der Waals surface area contributed by atoms with Crippen LogP contribution in [0.5, 0.6) is 5.75 Å². The predicted octanol–water partition coefficient (Wildman–Crippen LogP) is 0.847. The van der Waals surface area contributed by atoms with E-state index in [2.05, 4.69) is 29.3 Å². The molecule has 24 heavy (non-hydrogen) atoms. The Kier molecular flexibility index (Phi) is 5.61. The van der Waals surface area contributed by atoms with Crippen molar-refractivity contribution < 1.29 is 14.4 Å². The van der Waals surface area contributed by atoms with Crippen LogP contribution >= 0.6 is 0 Å². The number of nitrogens with one attached hydrogen (secondary N) is 2. The van der Waals surface area contributed by atoms with E-state index in [1.807, 2.05) is 12.1 Å². The molecule has 1 atom stereocenters. The highest BCUT2D eigenvalue weighted by Gasteiger charge is 2.30. The fourth-order valence-corrected chi connectivity index (χ4v) is 3.86. The van der Waals surface area contributed by atoms with Gasteiger partial charge in [-0.05, 0) is 44.0 Å². The van der Waals surface area contributed by atoms with Crippen molar-refractivity contribution in [1.29, 1.82) is 0 Å². The van der Waals surface area contributed by atoms with Crippen LogP contribution in [0.2, 0.25) is 0 Å². The fraction of sp³-hybridized carbons (Fsp3) is 0.632. The van der Waals surface area contributed by atoms with E-state index >= 15 is 0 Å². The highest BCUT2D eigenvalue weighted by atomic mass is 16.5. The molecule has 1 saturated heterocycles. The molecule has 0 unspecified atom stereocenters. The third-order valence-electron chi connectivity index (χ3n) is 5.55. The summed E-state index contributed by atoms with van der Waals surface area (Å²) < 4.78 is 5.22. The van der Waals surface area contributed by atoms with Gasteiger partial charge in [-0.1, -0.05) is 12.8 Å². The van der Waals surface area contributed by atoms with Gasteiger partial charge in [-0.25, -0.2) is 0 Å². The van der Waals surface area contributed by atoms with Crippen molar-refractivity contribution in [1.82, 2.24) is 5.32 Å². The number of hydrogen-bond acceptors (Lipinski definition) is 3. The van der Waals surface area contributed by atoms with E-state index < -0.39 is 0 Å². The Morgan fingerprint density at radius 2 is 1.83 bits per heavy atom. The van der Waals surface area contributed by atoms with Gasteiger partial charge in [0, 0.05) is 11.7 Å². The van der Waals surface area contributed by atoms with Crippen LogP contribution in [0.4, 0.5) is 5.69 Å². The summed E-state index contributed by atoms with van der Waals surface area (Å²) in [5.41, 5.74) is 1.23. The molecule has 1 heterocycles. The number of carbonyl (C=O) groups is 1. The van der Waals surface area contributed by atoms with Gasteiger partial charge in [0.15, 0.2) is 6.04 Å². The van der Waals surface area contributed by atoms with Gasteiger partial charge in [0.25, 0.3) is 5.91 Å². The standard InChI is InChI=1S/C19H29N3O2/c1-15(19(23)20-16-5-3-4-6-16)21-11-13-22(14-12-21)17-7-9-18(24-2)10-8-17/h7-10,15-16H,3-6,11-14H2,1-2H3,(H,20,23)/p+1/t15-/m1/s1. The average molecular weight is 332 g/mol. The summed E-state index contributed by atoms with van der Waals surface area (Å²) in [4.78, 5) is 16.3. The van der Waals surface area contributed by atoms with E-state index in [0.29, 0.717) is 6.04 Å². The summed E-state index contributed by atoms with van der Waals surface area (Å²) in [7, 11) is 1.69. The molecule has 1 amide bonds. The second kappa shape index (κ2) is 7.88. The molecule has 1 aromatic rings. The molecule has 0 bridgehead atoms. The van der Waals surface area contributed by atoms with Crippen molar-refractivity contribution in [2.24, 2.45) is 0 Å². The largest absolute Gasteiger partial charge is 0.497 e. The van der Waals surface area contributed by atoms with Gasteiger partial charge in [0.1, 0.15) is 5.75 Å². The Bertz CT molecular complexity index is 532. The lowest BCUT2D eigenvalue weighted by molar-refractivity contribution is -0.914. The van der Waals surface area contributed by atoms with E-state index in [1.54, 1.807) is 7.11 Å². The van der Waals surface area contributed by atoms with Gasteiger partial charge in [0.05, 0.1) is 33.3 Å². The fourth-order valence-electron chi connectivity index (χ4n) is 3.86. The Morgan fingerprint density at radius 1 is 1.21 bits per heavy atom. The number of amides is 1. The molecule has 0 radical (unpaired) electrons. The minimum absolute atomic E-state index is 0.0450. The monoisotopic (exact) mass is 332 g/mol. The van der Waals surface area contributed by atoms with Crippen molar-refractivity contribution in [2.75, 3.05) is 38.2 Å². The summed E-state index contributed by atoms with van der Waals surface area (Å²) >= 11 is 0. The third-order valence-corrected chi connectivity index (χ3v) is 5.55. The van der Waals surface area contributed by atoms with Crippen molar-refractivity contribution in [3.05, 3.63) is 24.3 Å². The number of benzene rings is 1. The SMILES string of the molecule is COc1ccc(N2CC[NH+]([C@H](C)C(=O)NC3CCCC3)CC2)cc1. The zero-order valence-electron chi connectivity index (χ0n) is 14.9. The van der Waals surface area contributed by atoms with Crippen molar-refractivity contribution in [2.45, 2.75) is 44.7 Å². The van der Waals surface area contributed by atoms with Gasteiger partial charge in [0.2, 0.25) is 0 Å². The van der Waals surface area contributed by atoms with E-state index in [-0.39, 0.29) is 11.9 Å². The summed E-state index contributed by atoms with van der Waals surface area (Å²) in [5, 5.41) is 3.24. The second-order valence-electron chi connectivity index (χ2n) is 7.05. The van der Waals surface area contributed by atoms with Crippen LogP contribution < -0.4 is 19.9 Å². The topological polar surface area (TPSA) is 46.0 Å². The molecule has 2 N–H and O–H groups in total. The smallest absolute Gasteiger partial charge is 0.278 e. The molecule has 0 spiro atoms. The van der Waals surface area contributed by atoms with Crippen molar-refractivity contribution >= 4 is 11.6 Å². The normalized spacial score (nSPS) is 20.8. The van der Waals surface area contributed by atoms with Crippen molar-refractivity contribution in [3.63, 3.8) is 0 Å². The van der Waals surface area contributed by atoms with Gasteiger partial charge < -0.3 is 19.9 Å². The van der Waals surface area contributed by atoms with Crippen LogP contribution in [0.25, 0.3) is 0 Å². The molecular weight excluding hydrogens is 302 g/mol. The van der Waals surface area contributed by atoms with Crippen LogP contribution in [0.3, 0.4) is 0 Å². The quantitative estimate of drug-likeness (QED) is 0.840. The lowest BCUT2D eigenvalue weighted by Gasteiger charge is -2.36. The van der Waals surface area contributed by atoms with Gasteiger partial charge in [-0.2, -0.15) is 0 Å². The predicted molar refractivity (Wildman–Crippen MR) is 95.8 cm³/mol. The minimum atomic E-state index is 0.0450. The molecule has 1 saturated carbocycles. The molecule has 5 nitrogen and oxygen atoms in total. The molecule has 132 valence electrons. The molecule has 1 aliphatic carbocycles. The Hall–Kier alpha value is -1.75. The molecule has 1 aromatic carbocycles. The van der Waals surface area contributed by atoms with E-state index in [1.165, 1.54) is 23.4 Å². The maximum atomic E-state index is 12.5. The summed E-state index contributed by atoms with van der Waals surface area (Å²) in [5.74, 6) is 1.12. The number of quaternary nitrogens is 1. The Morgan fingerprint density at radius 3 is 2.42 bits per heavy atom. The maximum Gasteiger partial charge on any atom is 0.278 e. The van der Waals surface area contributed by atoms with Gasteiger partial charge >= 0.3 is 0 Å². The highest BCUT2D eigenvalue weighted by molar-refractivity contribution is 5.80. The first-order valence-electron chi connectivity index (χ1n) is 9.21. The van der Waals surface area contributed by atoms with Crippen molar-refractivity contribution in [3.8, 4) is 5.75 Å². The zero-order valence-corrected chi connectivity index (χ0v) is 14.9. The number of piperazine rings is 1. The van der Waals surface area contributed by atoms with Crippen LogP contribution in [0.15, 0.2) is 24.3 Å². The number of ether oxygens (including phenoxy) is 1. The summed E-state index contributed by atoms with van der Waals surface area (Å²) in [6.45, 7) is 6.06. The first-order chi connectivity index (χ1) is 11.7. The molecule has 1 aliphatic heterocycles. The summed E-state index contributed by atoms with van der Waals surface area (Å²) in [6.07, 6.45) is 4.82. The molecule has 2 fully saturated rings. The lowest BCUT2D eigenvalue weighted by Crippen LogP contribution is -3.19. The molecule has 2 aliphatic rings. The lowest BCUT2D eigenvalue weighted by atomic mass is 10.1. The number of anilines is 1. The average Bonchev–Trinajstić information content (AvgIpc) is 3.14. The maximum absolute atomic E-state index is 12.5. The first kappa shape index (κ1) is 17.1. The van der Waals surface area contributed by atoms with Crippen LogP contribution in [0, 0.1) is 0 Å². The first-order valence-corrected chi connectivity index (χ1v) is 9.21. The molecule has 3 rings (SSSR count). The number of nitrogens with zero attached hydrogens (tertiary/aromatic N) is 1. The van der Waals surface area contributed by atoms with Crippen LogP contribution in [-0.2, 0) is 4.79 Å². The third kappa shape index (κ3) is 4.01. The van der Waals surface area contributed by atoms with E-state index in [9.17, 15) is 4.79 Å². The van der Waals surface area contributed by atoms with Crippen LogP contribution in [0.1, 0.15) is 32.6 Å². The molecule has 5 heteroatoms. The number of carbonyl (C=O) groups excluding carboxylic acids is 1. The van der Waals surface area contributed by atoms with E-state index in [0.717, 1.165) is 44.8 Å². The number of hydrogen-bond donors (Lipinski definition) is 2. The van der Waals surface area contributed by atoms with Gasteiger partial charge in [-0.15, -0.1) is 0 Å². The summed E-state index contributed by atoms with van der Waals surface area (Å²) in [6, 6.07) is 8.70. The molecular formula is C19H30N3O2+. The second-order valence-corrected chi connectivity index (χ2v) is 7.05.